The number of hydrogen-bond donors (Lipinski definition) is 1. The molecule has 3 rings (SSSR count). The van der Waals surface area contributed by atoms with Gasteiger partial charge in [-0.1, -0.05) is 18.2 Å². The fraction of sp³-hybridized carbons (Fsp3) is 0.500. The number of aryl methyl sites for hydroxylation is 1. The van der Waals surface area contributed by atoms with E-state index >= 15 is 0 Å². The average molecular weight is 286 g/mol. The maximum atomic E-state index is 5.91. The van der Waals surface area contributed by atoms with Crippen molar-refractivity contribution in [3.8, 4) is 5.75 Å². The predicted octanol–water partition coefficient (Wildman–Crippen LogP) is 1.68. The van der Waals surface area contributed by atoms with Crippen LogP contribution < -0.4 is 10.1 Å². The first-order chi connectivity index (χ1) is 10.3. The summed E-state index contributed by atoms with van der Waals surface area (Å²) >= 11 is 0. The van der Waals surface area contributed by atoms with Crippen molar-refractivity contribution in [2.75, 3.05) is 13.7 Å². The van der Waals surface area contributed by atoms with Crippen LogP contribution in [0.2, 0.25) is 0 Å². The summed E-state index contributed by atoms with van der Waals surface area (Å²) in [6.45, 7) is 3.70. The van der Waals surface area contributed by atoms with Gasteiger partial charge in [0.05, 0.1) is 6.61 Å². The molecule has 1 aliphatic heterocycles. The largest absolute Gasteiger partial charge is 0.493 e. The zero-order valence-corrected chi connectivity index (χ0v) is 12.6. The summed E-state index contributed by atoms with van der Waals surface area (Å²) in [6, 6.07) is 8.65. The summed E-state index contributed by atoms with van der Waals surface area (Å²) in [4.78, 5) is 4.38. The highest BCUT2D eigenvalue weighted by Gasteiger charge is 2.27. The number of ether oxygens (including phenoxy) is 1. The van der Waals surface area contributed by atoms with Crippen LogP contribution in [0.25, 0.3) is 0 Å². The second-order valence-electron chi connectivity index (χ2n) is 5.47. The number of nitrogens with one attached hydrogen (secondary N) is 1. The molecule has 2 heterocycles. The summed E-state index contributed by atoms with van der Waals surface area (Å²) in [7, 11) is 2.01. The molecule has 1 aliphatic rings. The lowest BCUT2D eigenvalue weighted by Crippen LogP contribution is -2.42. The van der Waals surface area contributed by atoms with Crippen LogP contribution in [0.3, 0.4) is 0 Å². The summed E-state index contributed by atoms with van der Waals surface area (Å²) in [5.74, 6) is 2.52. The van der Waals surface area contributed by atoms with Crippen molar-refractivity contribution < 1.29 is 4.74 Å². The highest BCUT2D eigenvalue weighted by molar-refractivity contribution is 5.35. The first-order valence-electron chi connectivity index (χ1n) is 7.56. The normalized spacial score (nSPS) is 18.9. The number of nitrogens with zero attached hydrogens (tertiary/aromatic N) is 3. The third-order valence-corrected chi connectivity index (χ3v) is 4.25. The molecule has 0 radical (unpaired) electrons. The van der Waals surface area contributed by atoms with Crippen LogP contribution in [0.5, 0.6) is 5.75 Å². The second kappa shape index (κ2) is 6.26. The van der Waals surface area contributed by atoms with Gasteiger partial charge >= 0.3 is 0 Å². The lowest BCUT2D eigenvalue weighted by atomic mass is 9.88. The van der Waals surface area contributed by atoms with E-state index in [-0.39, 0.29) is 0 Å². The number of hydrogen-bond acceptors (Lipinski definition) is 4. The molecule has 1 aromatic carbocycles. The van der Waals surface area contributed by atoms with Gasteiger partial charge in [-0.05, 0) is 32.0 Å². The maximum Gasteiger partial charge on any atom is 0.138 e. The Hall–Kier alpha value is -1.88. The quantitative estimate of drug-likeness (QED) is 0.908. The topological polar surface area (TPSA) is 52.0 Å². The van der Waals surface area contributed by atoms with Gasteiger partial charge < -0.3 is 10.1 Å². The van der Waals surface area contributed by atoms with Crippen LogP contribution in [0.1, 0.15) is 18.3 Å². The summed E-state index contributed by atoms with van der Waals surface area (Å²) < 4.78 is 7.87. The molecule has 5 heteroatoms. The molecule has 1 N–H and O–H groups in total. The van der Waals surface area contributed by atoms with Crippen LogP contribution in [0.4, 0.5) is 0 Å². The van der Waals surface area contributed by atoms with E-state index < -0.39 is 0 Å². The minimum atomic E-state index is 0.341. The van der Waals surface area contributed by atoms with E-state index in [0.717, 1.165) is 37.6 Å². The molecule has 5 nitrogen and oxygen atoms in total. The Labute approximate surface area is 125 Å². The van der Waals surface area contributed by atoms with E-state index in [1.807, 2.05) is 23.9 Å². The molecular formula is C16H22N4O. The number of fused-ring (bicyclic) bond motifs is 1. The molecule has 0 aliphatic carbocycles. The number of aromatic nitrogens is 3. The highest BCUT2D eigenvalue weighted by atomic mass is 16.5. The monoisotopic (exact) mass is 286 g/mol. The molecule has 112 valence electrons. The lowest BCUT2D eigenvalue weighted by Gasteiger charge is -2.31. The van der Waals surface area contributed by atoms with Gasteiger partial charge in [0, 0.05) is 24.9 Å². The summed E-state index contributed by atoms with van der Waals surface area (Å²) in [6.07, 6.45) is 3.56. The van der Waals surface area contributed by atoms with Crippen molar-refractivity contribution in [2.24, 2.45) is 5.92 Å². The van der Waals surface area contributed by atoms with Crippen LogP contribution in [-0.2, 0) is 19.4 Å². The number of likely N-dealkylation sites (N-methyl/N-ethyl adjacent to an activating group) is 1. The Morgan fingerprint density at radius 3 is 3.10 bits per heavy atom. The Bertz CT molecular complexity index is 595. The average Bonchev–Trinajstić information content (AvgIpc) is 2.99. The maximum absolute atomic E-state index is 5.91. The van der Waals surface area contributed by atoms with Gasteiger partial charge in [-0.25, -0.2) is 4.98 Å². The van der Waals surface area contributed by atoms with Crippen molar-refractivity contribution in [1.29, 1.82) is 0 Å². The number of benzene rings is 1. The minimum absolute atomic E-state index is 0.341. The Kier molecular flexibility index (Phi) is 4.20. The second-order valence-corrected chi connectivity index (χ2v) is 5.47. The molecule has 0 saturated carbocycles. The van der Waals surface area contributed by atoms with Crippen molar-refractivity contribution in [2.45, 2.75) is 32.4 Å². The fourth-order valence-electron chi connectivity index (χ4n) is 3.02. The van der Waals surface area contributed by atoms with Crippen molar-refractivity contribution in [3.05, 3.63) is 42.0 Å². The van der Waals surface area contributed by atoms with Crippen LogP contribution >= 0.6 is 0 Å². The lowest BCUT2D eigenvalue weighted by molar-refractivity contribution is 0.185. The van der Waals surface area contributed by atoms with E-state index in [0.29, 0.717) is 12.0 Å². The van der Waals surface area contributed by atoms with Crippen LogP contribution in [-0.4, -0.2) is 34.5 Å². The molecule has 1 aromatic heterocycles. The molecule has 0 spiro atoms. The molecule has 0 amide bonds. The minimum Gasteiger partial charge on any atom is -0.493 e. The Morgan fingerprint density at radius 2 is 2.29 bits per heavy atom. The molecule has 21 heavy (non-hydrogen) atoms. The Morgan fingerprint density at radius 1 is 1.43 bits per heavy atom. The molecule has 2 unspecified atom stereocenters. The number of para-hydroxylation sites is 1. The third-order valence-electron chi connectivity index (χ3n) is 4.25. The van der Waals surface area contributed by atoms with Gasteiger partial charge in [0.15, 0.2) is 0 Å². The zero-order chi connectivity index (χ0) is 14.7. The number of rotatable bonds is 5. The van der Waals surface area contributed by atoms with Gasteiger partial charge in [0.25, 0.3) is 0 Å². The summed E-state index contributed by atoms with van der Waals surface area (Å²) in [5, 5.41) is 7.68. The van der Waals surface area contributed by atoms with E-state index in [9.17, 15) is 0 Å². The van der Waals surface area contributed by atoms with Crippen LogP contribution in [0, 0.1) is 5.92 Å². The van der Waals surface area contributed by atoms with Gasteiger partial charge in [-0.15, -0.1) is 0 Å². The highest BCUT2D eigenvalue weighted by Crippen LogP contribution is 2.28. The molecular weight excluding hydrogens is 264 g/mol. The predicted molar refractivity (Wildman–Crippen MR) is 81.4 cm³/mol. The third kappa shape index (κ3) is 2.93. The molecule has 0 saturated heterocycles. The first-order valence-corrected chi connectivity index (χ1v) is 7.56. The SMILES string of the molecule is CCn1ncnc1CC(NC)C1COc2ccccc2C1. The van der Waals surface area contributed by atoms with Gasteiger partial charge in [-0.2, -0.15) is 5.10 Å². The van der Waals surface area contributed by atoms with Gasteiger partial charge in [0.1, 0.15) is 17.9 Å². The van der Waals surface area contributed by atoms with E-state index in [4.69, 9.17) is 4.74 Å². The summed E-state index contributed by atoms with van der Waals surface area (Å²) in [5.41, 5.74) is 1.30. The van der Waals surface area contributed by atoms with Crippen molar-refractivity contribution in [3.63, 3.8) is 0 Å². The molecule has 0 fully saturated rings. The van der Waals surface area contributed by atoms with E-state index in [1.54, 1.807) is 6.33 Å². The fourth-order valence-corrected chi connectivity index (χ4v) is 3.02. The van der Waals surface area contributed by atoms with Crippen LogP contribution in [0.15, 0.2) is 30.6 Å². The van der Waals surface area contributed by atoms with Crippen molar-refractivity contribution in [1.82, 2.24) is 20.1 Å². The molecule has 2 atom stereocenters. The first kappa shape index (κ1) is 14.1. The zero-order valence-electron chi connectivity index (χ0n) is 12.6. The van der Waals surface area contributed by atoms with Gasteiger partial charge in [-0.3, -0.25) is 4.68 Å². The standard InChI is InChI=1S/C16H22N4O/c1-3-20-16(18-11-19-20)9-14(17-2)13-8-12-6-4-5-7-15(12)21-10-13/h4-7,11,13-14,17H,3,8-10H2,1-2H3. The smallest absolute Gasteiger partial charge is 0.138 e. The Balaban J connectivity index is 1.73. The van der Waals surface area contributed by atoms with Crippen molar-refractivity contribution >= 4 is 0 Å². The molecule has 2 aromatic rings. The van der Waals surface area contributed by atoms with E-state index in [2.05, 4.69) is 34.5 Å². The van der Waals surface area contributed by atoms with E-state index in [1.165, 1.54) is 5.56 Å². The molecule has 0 bridgehead atoms. The van der Waals surface area contributed by atoms with Gasteiger partial charge in [0.2, 0.25) is 0 Å².